The molecule has 5 heteroatoms. The largest absolute Gasteiger partial charge is 0.477 e. The number of hydrogen-bond donors (Lipinski definition) is 2. The van der Waals surface area contributed by atoms with Crippen LogP contribution in [0, 0.1) is 6.92 Å². The van der Waals surface area contributed by atoms with Crippen molar-refractivity contribution in [1.82, 2.24) is 9.78 Å². The monoisotopic (exact) mass is 243 g/mol. The lowest BCUT2D eigenvalue weighted by molar-refractivity contribution is 0.0697. The smallest absolute Gasteiger partial charge is 0.341 e. The zero-order chi connectivity index (χ0) is 12.7. The summed E-state index contributed by atoms with van der Waals surface area (Å²) in [4.78, 5) is 11.2. The number of fused-ring (bicyclic) bond motifs is 1. The van der Waals surface area contributed by atoms with Crippen LogP contribution < -0.4 is 5.32 Å². The highest BCUT2D eigenvalue weighted by molar-refractivity contribution is 5.95. The van der Waals surface area contributed by atoms with Crippen molar-refractivity contribution in [2.75, 3.05) is 5.32 Å². The maximum Gasteiger partial charge on any atom is 0.341 e. The van der Waals surface area contributed by atoms with Gasteiger partial charge in [-0.1, -0.05) is 30.3 Å². The van der Waals surface area contributed by atoms with E-state index in [2.05, 4.69) is 10.4 Å². The number of hydrogen-bond acceptors (Lipinski definition) is 3. The Labute approximate surface area is 104 Å². The molecule has 2 N–H and O–H groups in total. The molecule has 1 aliphatic heterocycles. The van der Waals surface area contributed by atoms with Crippen molar-refractivity contribution in [3.8, 4) is 0 Å². The van der Waals surface area contributed by atoms with Crippen molar-refractivity contribution in [1.29, 1.82) is 0 Å². The van der Waals surface area contributed by atoms with Crippen molar-refractivity contribution < 1.29 is 9.90 Å². The first-order valence-electron chi connectivity index (χ1n) is 5.79. The zero-order valence-corrected chi connectivity index (χ0v) is 9.92. The molecule has 0 bridgehead atoms. The minimum atomic E-state index is -0.935. The normalized spacial score (nSPS) is 17.3. The van der Waals surface area contributed by atoms with E-state index in [1.54, 1.807) is 11.6 Å². The van der Waals surface area contributed by atoms with E-state index in [0.29, 0.717) is 18.1 Å². The van der Waals surface area contributed by atoms with E-state index in [0.717, 1.165) is 5.56 Å². The molecule has 1 aliphatic rings. The number of aromatic carboxylic acids is 1. The fraction of sp³-hybridized carbons (Fsp3) is 0.231. The molecule has 0 aliphatic carbocycles. The van der Waals surface area contributed by atoms with Crippen LogP contribution >= 0.6 is 0 Å². The Morgan fingerprint density at radius 1 is 1.44 bits per heavy atom. The molecule has 1 atom stereocenters. The number of anilines is 1. The Bertz CT molecular complexity index is 604. The Balaban J connectivity index is 1.95. The molecule has 92 valence electrons. The summed E-state index contributed by atoms with van der Waals surface area (Å²) in [5, 5.41) is 16.7. The van der Waals surface area contributed by atoms with Gasteiger partial charge in [-0.05, 0) is 12.5 Å². The number of rotatable bonds is 2. The third-order valence-electron chi connectivity index (χ3n) is 3.21. The highest BCUT2D eigenvalue weighted by Gasteiger charge is 2.29. The summed E-state index contributed by atoms with van der Waals surface area (Å²) in [5.41, 5.74) is 1.96. The molecular weight excluding hydrogens is 230 g/mol. The number of carboxylic acid groups (broad SMARTS) is 1. The van der Waals surface area contributed by atoms with Crippen LogP contribution in [0.25, 0.3) is 0 Å². The minimum Gasteiger partial charge on any atom is -0.477 e. The van der Waals surface area contributed by atoms with Crippen molar-refractivity contribution in [3.05, 3.63) is 47.2 Å². The van der Waals surface area contributed by atoms with Gasteiger partial charge in [0.1, 0.15) is 11.4 Å². The number of aryl methyl sites for hydroxylation is 1. The quantitative estimate of drug-likeness (QED) is 0.847. The Hall–Kier alpha value is -2.30. The van der Waals surface area contributed by atoms with Gasteiger partial charge in [0.2, 0.25) is 0 Å². The van der Waals surface area contributed by atoms with E-state index >= 15 is 0 Å². The first kappa shape index (κ1) is 10.8. The van der Waals surface area contributed by atoms with Gasteiger partial charge in [-0.15, -0.1) is 0 Å². The average molecular weight is 243 g/mol. The van der Waals surface area contributed by atoms with E-state index in [-0.39, 0.29) is 11.6 Å². The van der Waals surface area contributed by atoms with Gasteiger partial charge in [0.25, 0.3) is 0 Å². The molecule has 0 amide bonds. The van der Waals surface area contributed by atoms with Crippen LogP contribution in [-0.4, -0.2) is 20.9 Å². The molecule has 0 saturated heterocycles. The summed E-state index contributed by atoms with van der Waals surface area (Å²) in [6.07, 6.45) is 0. The lowest BCUT2D eigenvalue weighted by atomic mass is 10.1. The second-order valence-corrected chi connectivity index (χ2v) is 4.40. The van der Waals surface area contributed by atoms with Gasteiger partial charge in [-0.2, -0.15) is 5.10 Å². The fourth-order valence-electron chi connectivity index (χ4n) is 2.37. The van der Waals surface area contributed by atoms with Gasteiger partial charge >= 0.3 is 5.97 Å². The maximum absolute atomic E-state index is 11.2. The molecule has 1 aromatic carbocycles. The van der Waals surface area contributed by atoms with E-state index < -0.39 is 5.97 Å². The molecular formula is C13H13N3O2. The van der Waals surface area contributed by atoms with E-state index in [4.69, 9.17) is 0 Å². The third kappa shape index (κ3) is 1.55. The van der Waals surface area contributed by atoms with Crippen LogP contribution in [0.4, 0.5) is 5.82 Å². The van der Waals surface area contributed by atoms with Crippen LogP contribution in [-0.2, 0) is 6.54 Å². The molecule has 18 heavy (non-hydrogen) atoms. The Morgan fingerprint density at radius 3 is 2.83 bits per heavy atom. The summed E-state index contributed by atoms with van der Waals surface area (Å²) in [6.45, 7) is 2.38. The van der Waals surface area contributed by atoms with Crippen LogP contribution in [0.15, 0.2) is 30.3 Å². The maximum atomic E-state index is 11.2. The lowest BCUT2D eigenvalue weighted by Crippen LogP contribution is -2.09. The summed E-state index contributed by atoms with van der Waals surface area (Å²) in [7, 11) is 0. The standard InChI is InChI=1S/C13H13N3O2/c1-8-11(13(17)18)12-14-10(7-16(12)15-8)9-5-3-2-4-6-9/h2-6,10,14H,7H2,1H3,(H,17,18)/t10-/m0/s1. The molecule has 5 nitrogen and oxygen atoms in total. The van der Waals surface area contributed by atoms with Crippen LogP contribution in [0.1, 0.15) is 27.7 Å². The Kier molecular flexibility index (Phi) is 2.33. The van der Waals surface area contributed by atoms with Gasteiger partial charge in [-0.3, -0.25) is 0 Å². The van der Waals surface area contributed by atoms with E-state index in [1.807, 2.05) is 30.3 Å². The molecule has 1 aromatic heterocycles. The number of nitrogens with one attached hydrogen (secondary N) is 1. The van der Waals surface area contributed by atoms with Gasteiger partial charge in [-0.25, -0.2) is 9.48 Å². The number of carbonyl (C=O) groups is 1. The van der Waals surface area contributed by atoms with Crippen molar-refractivity contribution in [2.45, 2.75) is 19.5 Å². The first-order chi connectivity index (χ1) is 8.66. The second kappa shape index (κ2) is 3.87. The van der Waals surface area contributed by atoms with Gasteiger partial charge in [0.05, 0.1) is 18.3 Å². The van der Waals surface area contributed by atoms with Crippen molar-refractivity contribution in [2.24, 2.45) is 0 Å². The number of carboxylic acids is 1. The number of aromatic nitrogens is 2. The van der Waals surface area contributed by atoms with Crippen LogP contribution in [0.3, 0.4) is 0 Å². The van der Waals surface area contributed by atoms with Crippen LogP contribution in [0.2, 0.25) is 0 Å². The van der Waals surface area contributed by atoms with E-state index in [1.165, 1.54) is 0 Å². The summed E-state index contributed by atoms with van der Waals surface area (Å²) < 4.78 is 1.73. The summed E-state index contributed by atoms with van der Waals surface area (Å²) in [6, 6.07) is 10.1. The predicted molar refractivity (Wildman–Crippen MR) is 66.7 cm³/mol. The summed E-state index contributed by atoms with van der Waals surface area (Å²) in [5.74, 6) is -0.330. The first-order valence-corrected chi connectivity index (χ1v) is 5.79. The molecule has 2 heterocycles. The van der Waals surface area contributed by atoms with Gasteiger partial charge in [0.15, 0.2) is 0 Å². The van der Waals surface area contributed by atoms with E-state index in [9.17, 15) is 9.90 Å². The second-order valence-electron chi connectivity index (χ2n) is 4.40. The van der Waals surface area contributed by atoms with Gasteiger partial charge in [0, 0.05) is 0 Å². The average Bonchev–Trinajstić information content (AvgIpc) is 2.85. The van der Waals surface area contributed by atoms with Crippen molar-refractivity contribution >= 4 is 11.8 Å². The van der Waals surface area contributed by atoms with Gasteiger partial charge < -0.3 is 10.4 Å². The molecule has 3 rings (SSSR count). The Morgan fingerprint density at radius 2 is 2.17 bits per heavy atom. The predicted octanol–water partition coefficient (Wildman–Crippen LogP) is 2.06. The molecule has 0 unspecified atom stereocenters. The SMILES string of the molecule is Cc1nn2c(c1C(=O)O)N[C@H](c1ccccc1)C2. The molecule has 2 aromatic rings. The van der Waals surface area contributed by atoms with Crippen LogP contribution in [0.5, 0.6) is 0 Å². The third-order valence-corrected chi connectivity index (χ3v) is 3.21. The fourth-order valence-corrected chi connectivity index (χ4v) is 2.37. The highest BCUT2D eigenvalue weighted by atomic mass is 16.4. The highest BCUT2D eigenvalue weighted by Crippen LogP contribution is 2.32. The molecule has 0 fully saturated rings. The molecule has 0 radical (unpaired) electrons. The topological polar surface area (TPSA) is 67.2 Å². The summed E-state index contributed by atoms with van der Waals surface area (Å²) >= 11 is 0. The number of benzene rings is 1. The number of nitrogens with zero attached hydrogens (tertiary/aromatic N) is 2. The molecule has 0 saturated carbocycles. The molecule has 0 spiro atoms. The minimum absolute atomic E-state index is 0.0902. The van der Waals surface area contributed by atoms with Crippen molar-refractivity contribution in [3.63, 3.8) is 0 Å². The zero-order valence-electron chi connectivity index (χ0n) is 9.92. The lowest BCUT2D eigenvalue weighted by Gasteiger charge is -2.10.